The third-order valence-corrected chi connectivity index (χ3v) is 6.24. The number of carbonyl (C=O) groups is 5. The van der Waals surface area contributed by atoms with E-state index in [0.717, 1.165) is 0 Å². The van der Waals surface area contributed by atoms with Crippen LogP contribution in [-0.4, -0.2) is 61.1 Å². The van der Waals surface area contributed by atoms with Crippen LogP contribution in [0.1, 0.15) is 53.4 Å². The number of allylic oxidation sites excluding steroid dienone is 2. The van der Waals surface area contributed by atoms with Crippen molar-refractivity contribution < 1.29 is 28.7 Å². The second-order valence-corrected chi connectivity index (χ2v) is 9.67. The van der Waals surface area contributed by atoms with Crippen LogP contribution < -0.4 is 21.3 Å². The van der Waals surface area contributed by atoms with E-state index in [2.05, 4.69) is 39.5 Å². The average Bonchev–Trinajstić information content (AvgIpc) is 2.85. The van der Waals surface area contributed by atoms with Crippen molar-refractivity contribution in [3.63, 3.8) is 0 Å². The van der Waals surface area contributed by atoms with E-state index < -0.39 is 29.9 Å². The van der Waals surface area contributed by atoms with E-state index in [1.54, 1.807) is 33.8 Å². The lowest BCUT2D eigenvalue weighted by molar-refractivity contribution is -0.149. The fraction of sp³-hybridized carbons (Fsp3) is 0.625. The molecule has 0 aliphatic carbocycles. The first-order chi connectivity index (χ1) is 17.1. The van der Waals surface area contributed by atoms with Gasteiger partial charge in [0.25, 0.3) is 5.91 Å². The highest BCUT2D eigenvalue weighted by molar-refractivity contribution is 8.68. The van der Waals surface area contributed by atoms with E-state index in [4.69, 9.17) is 4.74 Å². The third kappa shape index (κ3) is 12.5. The Morgan fingerprint density at radius 1 is 1.11 bits per heavy atom. The van der Waals surface area contributed by atoms with Gasteiger partial charge in [0.2, 0.25) is 17.7 Å². The number of carbonyl (C=O) groups excluding carboxylic acids is 5. The molecule has 0 saturated heterocycles. The molecule has 0 saturated carbocycles. The van der Waals surface area contributed by atoms with Gasteiger partial charge in [0.05, 0.1) is 6.42 Å². The van der Waals surface area contributed by atoms with Crippen molar-refractivity contribution in [3.8, 4) is 0 Å². The zero-order valence-electron chi connectivity index (χ0n) is 21.7. The Bertz CT molecular complexity index is 803. The molecule has 1 unspecified atom stereocenters. The molecule has 0 aromatic carbocycles. The minimum Gasteiger partial charge on any atom is -0.464 e. The third-order valence-electron chi connectivity index (χ3n) is 5.24. The zero-order chi connectivity index (χ0) is 27.7. The van der Waals surface area contributed by atoms with Crippen LogP contribution in [-0.2, 0) is 28.7 Å². The Morgan fingerprint density at radius 3 is 2.28 bits per heavy atom. The molecule has 0 fully saturated rings. The Hall–Kier alpha value is -2.47. The molecular formula is C24H40N4O6S2. The highest BCUT2D eigenvalue weighted by Gasteiger charge is 2.28. The predicted molar refractivity (Wildman–Crippen MR) is 145 cm³/mol. The lowest BCUT2D eigenvalue weighted by atomic mass is 10.0. The monoisotopic (exact) mass is 544 g/mol. The number of thiol groups is 1. The standard InChI is InChI=1S/C24H40N4O6S2/c1-7-10-11-16(14-36-35)21(30)27-18(9-3)23(32)28-20(15(4)5)24(33)34-13-12-19(29)26-17(8-2)22(31)25-6/h7,9,15-17,20,35H,1,8,10-14H2,2-6H3,(H,25,31)(H,26,29)(H,27,30)(H,28,32)/b18-9-/t16-,17-,20?/m1/s1. The second kappa shape index (κ2) is 18.8. The van der Waals surface area contributed by atoms with Crippen LogP contribution in [0.4, 0.5) is 0 Å². The highest BCUT2D eigenvalue weighted by atomic mass is 33.1. The van der Waals surface area contributed by atoms with Crippen LogP contribution in [0.25, 0.3) is 0 Å². The summed E-state index contributed by atoms with van der Waals surface area (Å²) in [6.45, 7) is 10.3. The van der Waals surface area contributed by atoms with E-state index in [1.807, 2.05) is 0 Å². The van der Waals surface area contributed by atoms with E-state index >= 15 is 0 Å². The summed E-state index contributed by atoms with van der Waals surface area (Å²) in [6, 6.07) is -1.66. The Balaban J connectivity index is 5.00. The maximum atomic E-state index is 12.8. The molecule has 4 amide bonds. The smallest absolute Gasteiger partial charge is 0.328 e. The molecular weight excluding hydrogens is 504 g/mol. The zero-order valence-corrected chi connectivity index (χ0v) is 23.4. The lowest BCUT2D eigenvalue weighted by Crippen LogP contribution is -2.48. The molecule has 0 heterocycles. The molecule has 0 aliphatic heterocycles. The van der Waals surface area contributed by atoms with Gasteiger partial charge in [0.15, 0.2) is 0 Å². The number of rotatable bonds is 17. The Kier molecular flexibility index (Phi) is 17.5. The fourth-order valence-electron chi connectivity index (χ4n) is 3.04. The SMILES string of the molecule is C=CCC[C@H](CSS)C(=O)N/C(=C\C)C(=O)NC(C(=O)OCCC(=O)N[C@H](CC)C(=O)NC)C(C)C. The quantitative estimate of drug-likeness (QED) is 0.0619. The topological polar surface area (TPSA) is 143 Å². The van der Waals surface area contributed by atoms with Crippen LogP contribution in [0.2, 0.25) is 0 Å². The molecule has 12 heteroatoms. The molecule has 0 aliphatic rings. The van der Waals surface area contributed by atoms with E-state index in [1.165, 1.54) is 23.9 Å². The van der Waals surface area contributed by atoms with Gasteiger partial charge in [-0.15, -0.1) is 18.2 Å². The lowest BCUT2D eigenvalue weighted by Gasteiger charge is -2.22. The summed E-state index contributed by atoms with van der Waals surface area (Å²) in [5, 5.41) is 10.3. The van der Waals surface area contributed by atoms with Crippen molar-refractivity contribution in [1.82, 2.24) is 21.3 Å². The van der Waals surface area contributed by atoms with Crippen molar-refractivity contribution in [3.05, 3.63) is 24.4 Å². The molecule has 0 spiro atoms. The minimum absolute atomic E-state index is 0.0189. The molecule has 10 nitrogen and oxygen atoms in total. The van der Waals surface area contributed by atoms with Crippen molar-refractivity contribution in [2.75, 3.05) is 19.4 Å². The molecule has 0 rings (SSSR count). The molecule has 3 atom stereocenters. The van der Waals surface area contributed by atoms with E-state index in [9.17, 15) is 24.0 Å². The minimum atomic E-state index is -0.994. The van der Waals surface area contributed by atoms with Crippen LogP contribution in [0.15, 0.2) is 24.4 Å². The molecule has 0 aromatic rings. The summed E-state index contributed by atoms with van der Waals surface area (Å²) in [7, 11) is 2.71. The Labute approximate surface area is 223 Å². The molecule has 36 heavy (non-hydrogen) atoms. The van der Waals surface area contributed by atoms with Crippen LogP contribution in [0.3, 0.4) is 0 Å². The predicted octanol–water partition coefficient (Wildman–Crippen LogP) is 1.88. The first-order valence-corrected chi connectivity index (χ1v) is 13.9. The van der Waals surface area contributed by atoms with Gasteiger partial charge < -0.3 is 26.0 Å². The summed E-state index contributed by atoms with van der Waals surface area (Å²) in [5.41, 5.74) is 0.0189. The number of hydrogen-bond acceptors (Lipinski definition) is 8. The van der Waals surface area contributed by atoms with Gasteiger partial charge in [0, 0.05) is 18.7 Å². The summed E-state index contributed by atoms with van der Waals surface area (Å²) < 4.78 is 5.21. The summed E-state index contributed by atoms with van der Waals surface area (Å²) in [5.74, 6) is -2.61. The Morgan fingerprint density at radius 2 is 1.78 bits per heavy atom. The van der Waals surface area contributed by atoms with Crippen molar-refractivity contribution in [2.45, 2.75) is 65.5 Å². The van der Waals surface area contributed by atoms with Gasteiger partial charge in [-0.05, 0) is 32.1 Å². The second-order valence-electron chi connectivity index (χ2n) is 8.31. The van der Waals surface area contributed by atoms with E-state index in [0.29, 0.717) is 25.0 Å². The van der Waals surface area contributed by atoms with Gasteiger partial charge in [-0.3, -0.25) is 19.2 Å². The molecule has 0 radical (unpaired) electrons. The largest absolute Gasteiger partial charge is 0.464 e. The molecule has 0 aromatic heterocycles. The number of nitrogens with one attached hydrogen (secondary N) is 4. The number of ether oxygens (including phenoxy) is 1. The van der Waals surface area contributed by atoms with Crippen LogP contribution >= 0.6 is 22.5 Å². The maximum absolute atomic E-state index is 12.8. The normalized spacial score (nSPS) is 13.7. The average molecular weight is 545 g/mol. The van der Waals surface area contributed by atoms with E-state index in [-0.39, 0.29) is 42.4 Å². The summed E-state index contributed by atoms with van der Waals surface area (Å²) >= 11 is 4.12. The fourth-order valence-corrected chi connectivity index (χ4v) is 4.08. The highest BCUT2D eigenvalue weighted by Crippen LogP contribution is 2.18. The van der Waals surface area contributed by atoms with Crippen LogP contribution in [0, 0.1) is 11.8 Å². The van der Waals surface area contributed by atoms with Crippen molar-refractivity contribution in [1.29, 1.82) is 0 Å². The number of likely N-dealkylation sites (N-methyl/N-ethyl adjacent to an activating group) is 1. The summed E-state index contributed by atoms with van der Waals surface area (Å²) in [6.07, 6.45) is 4.67. The summed E-state index contributed by atoms with van der Waals surface area (Å²) in [4.78, 5) is 61.9. The molecule has 0 bridgehead atoms. The number of hydrogen-bond donors (Lipinski definition) is 5. The molecule has 204 valence electrons. The van der Waals surface area contributed by atoms with Crippen molar-refractivity contribution in [2.24, 2.45) is 11.8 Å². The van der Waals surface area contributed by atoms with Gasteiger partial charge in [-0.1, -0.05) is 43.7 Å². The van der Waals surface area contributed by atoms with Gasteiger partial charge >= 0.3 is 5.97 Å². The van der Waals surface area contributed by atoms with Crippen LogP contribution in [0.5, 0.6) is 0 Å². The van der Waals surface area contributed by atoms with Gasteiger partial charge in [-0.2, -0.15) is 0 Å². The number of amides is 4. The van der Waals surface area contributed by atoms with Gasteiger partial charge in [0.1, 0.15) is 24.4 Å². The van der Waals surface area contributed by atoms with Crippen molar-refractivity contribution >= 4 is 52.1 Å². The first-order valence-electron chi connectivity index (χ1n) is 11.9. The van der Waals surface area contributed by atoms with Gasteiger partial charge in [-0.25, -0.2) is 4.79 Å². The molecule has 4 N–H and O–H groups in total. The number of esters is 1. The maximum Gasteiger partial charge on any atom is 0.328 e. The first kappa shape index (κ1) is 33.5.